The van der Waals surface area contributed by atoms with E-state index in [0.29, 0.717) is 22.2 Å². The zero-order valence-corrected chi connectivity index (χ0v) is 16.3. The van der Waals surface area contributed by atoms with Gasteiger partial charge in [-0.05, 0) is 73.6 Å². The van der Waals surface area contributed by atoms with Crippen molar-refractivity contribution in [3.05, 3.63) is 58.1 Å². The van der Waals surface area contributed by atoms with Gasteiger partial charge in [-0.15, -0.1) is 0 Å². The van der Waals surface area contributed by atoms with Crippen molar-refractivity contribution in [3.63, 3.8) is 0 Å². The quantitative estimate of drug-likeness (QED) is 0.506. The molecule has 2 heterocycles. The molecule has 0 fully saturated rings. The lowest BCUT2D eigenvalue weighted by Gasteiger charge is -2.08. The van der Waals surface area contributed by atoms with E-state index >= 15 is 0 Å². The number of hydrogen-bond donors (Lipinski definition) is 1. The maximum absolute atomic E-state index is 11.3. The van der Waals surface area contributed by atoms with Gasteiger partial charge in [0, 0.05) is 10.9 Å². The van der Waals surface area contributed by atoms with E-state index in [-0.39, 0.29) is 0 Å². The third kappa shape index (κ3) is 2.82. The lowest BCUT2D eigenvalue weighted by Crippen LogP contribution is -2.02. The van der Waals surface area contributed by atoms with Gasteiger partial charge in [0.2, 0.25) is 0 Å². The Morgan fingerprint density at radius 3 is 2.48 bits per heavy atom. The minimum Gasteiger partial charge on any atom is -0.478 e. The molecular formula is C21H18N2O3S. The number of nitrogens with zero attached hydrogens (tertiary/aromatic N) is 2. The second-order valence-corrected chi connectivity index (χ2v) is 7.44. The second-order valence-electron chi connectivity index (χ2n) is 6.69. The number of aryl methyl sites for hydroxylation is 2. The number of furan rings is 1. The molecule has 2 aromatic carbocycles. The fourth-order valence-electron chi connectivity index (χ4n) is 3.23. The van der Waals surface area contributed by atoms with Crippen LogP contribution in [0.4, 0.5) is 0 Å². The topological polar surface area (TPSA) is 76.2 Å². The van der Waals surface area contributed by atoms with Crippen LogP contribution < -0.4 is 0 Å². The highest BCUT2D eigenvalue weighted by Gasteiger charge is 2.18. The Bertz CT molecular complexity index is 1160. The van der Waals surface area contributed by atoms with E-state index < -0.39 is 5.97 Å². The maximum atomic E-state index is 11.3. The van der Waals surface area contributed by atoms with Gasteiger partial charge in [-0.25, -0.2) is 9.78 Å². The van der Waals surface area contributed by atoms with Gasteiger partial charge in [0.05, 0.1) is 5.56 Å². The molecule has 0 aliphatic rings. The van der Waals surface area contributed by atoms with E-state index in [9.17, 15) is 9.90 Å². The van der Waals surface area contributed by atoms with Crippen LogP contribution in [0, 0.1) is 27.7 Å². The standard InChI is InChI=1S/C21H18N2O3S/c1-10-5-6-11(2)18-16(10)9-17(26-18)20-22-19(23-27-20)14-7-8-15(21(24)25)13(4)12(14)3/h5-9H,1-4H3,(H,24,25). The molecule has 0 saturated carbocycles. The average molecular weight is 378 g/mol. The predicted octanol–water partition coefficient (Wildman–Crippen LogP) is 5.55. The molecule has 0 aliphatic heterocycles. The van der Waals surface area contributed by atoms with Gasteiger partial charge in [-0.1, -0.05) is 18.2 Å². The first kappa shape index (κ1) is 17.4. The van der Waals surface area contributed by atoms with Crippen LogP contribution in [-0.4, -0.2) is 20.4 Å². The summed E-state index contributed by atoms with van der Waals surface area (Å²) in [5, 5.41) is 11.1. The zero-order valence-electron chi connectivity index (χ0n) is 15.5. The Balaban J connectivity index is 1.79. The largest absolute Gasteiger partial charge is 0.478 e. The van der Waals surface area contributed by atoms with Crippen LogP contribution in [0.2, 0.25) is 0 Å². The van der Waals surface area contributed by atoms with Crippen LogP contribution in [0.15, 0.2) is 34.7 Å². The second kappa shape index (κ2) is 6.32. The SMILES string of the molecule is Cc1c(C(=O)O)ccc(-c2nsc(-c3cc4c(C)ccc(C)c4o3)n2)c1C. The van der Waals surface area contributed by atoms with Crippen LogP contribution in [0.3, 0.4) is 0 Å². The Kier molecular flexibility index (Phi) is 4.08. The van der Waals surface area contributed by atoms with Crippen LogP contribution >= 0.6 is 11.5 Å². The molecule has 0 bridgehead atoms. The third-order valence-corrected chi connectivity index (χ3v) is 5.72. The summed E-state index contributed by atoms with van der Waals surface area (Å²) in [6.07, 6.45) is 0. The van der Waals surface area contributed by atoms with E-state index in [1.807, 2.05) is 26.0 Å². The van der Waals surface area contributed by atoms with Crippen molar-refractivity contribution in [2.24, 2.45) is 0 Å². The molecule has 0 saturated heterocycles. The highest BCUT2D eigenvalue weighted by Crippen LogP contribution is 2.34. The molecule has 0 aliphatic carbocycles. The smallest absolute Gasteiger partial charge is 0.335 e. The summed E-state index contributed by atoms with van der Waals surface area (Å²) in [7, 11) is 0. The number of aromatic carboxylic acids is 1. The van der Waals surface area contributed by atoms with Crippen LogP contribution in [0.1, 0.15) is 32.6 Å². The van der Waals surface area contributed by atoms with Gasteiger partial charge in [0.1, 0.15) is 5.58 Å². The molecule has 4 aromatic rings. The summed E-state index contributed by atoms with van der Waals surface area (Å²) in [5.74, 6) is 0.353. The summed E-state index contributed by atoms with van der Waals surface area (Å²) < 4.78 is 10.5. The summed E-state index contributed by atoms with van der Waals surface area (Å²) in [4.78, 5) is 16.0. The van der Waals surface area contributed by atoms with E-state index in [2.05, 4.69) is 22.3 Å². The van der Waals surface area contributed by atoms with Gasteiger partial charge in [-0.3, -0.25) is 0 Å². The monoisotopic (exact) mass is 378 g/mol. The van der Waals surface area contributed by atoms with Crippen molar-refractivity contribution in [2.45, 2.75) is 27.7 Å². The van der Waals surface area contributed by atoms with Gasteiger partial charge in [-0.2, -0.15) is 4.37 Å². The number of carboxylic acid groups (broad SMARTS) is 1. The average Bonchev–Trinajstić information content (AvgIpc) is 3.27. The molecule has 27 heavy (non-hydrogen) atoms. The Hall–Kier alpha value is -2.99. The first-order valence-electron chi connectivity index (χ1n) is 8.54. The molecule has 5 nitrogen and oxygen atoms in total. The highest BCUT2D eigenvalue weighted by atomic mass is 32.1. The zero-order chi connectivity index (χ0) is 19.3. The lowest BCUT2D eigenvalue weighted by molar-refractivity contribution is 0.0696. The summed E-state index contributed by atoms with van der Waals surface area (Å²) in [6.45, 7) is 7.78. The van der Waals surface area contributed by atoms with Crippen molar-refractivity contribution in [2.75, 3.05) is 0 Å². The lowest BCUT2D eigenvalue weighted by atomic mass is 9.98. The van der Waals surface area contributed by atoms with Crippen LogP contribution in [0.5, 0.6) is 0 Å². The molecule has 0 amide bonds. The van der Waals surface area contributed by atoms with E-state index in [1.165, 1.54) is 11.5 Å². The number of carboxylic acids is 1. The number of aromatic nitrogens is 2. The summed E-state index contributed by atoms with van der Waals surface area (Å²) >= 11 is 1.28. The van der Waals surface area contributed by atoms with E-state index in [0.717, 1.165) is 38.8 Å². The van der Waals surface area contributed by atoms with Gasteiger partial charge >= 0.3 is 5.97 Å². The number of carbonyl (C=O) groups is 1. The molecule has 0 unspecified atom stereocenters. The minimum absolute atomic E-state index is 0.301. The molecule has 4 rings (SSSR count). The fourth-order valence-corrected chi connectivity index (χ4v) is 3.86. The van der Waals surface area contributed by atoms with Crippen molar-refractivity contribution in [1.82, 2.24) is 9.36 Å². The first-order valence-corrected chi connectivity index (χ1v) is 9.32. The van der Waals surface area contributed by atoms with Crippen molar-refractivity contribution in [3.8, 4) is 22.2 Å². The molecule has 0 atom stereocenters. The summed E-state index contributed by atoms with van der Waals surface area (Å²) in [6, 6.07) is 9.51. The first-order chi connectivity index (χ1) is 12.9. The Morgan fingerprint density at radius 2 is 1.78 bits per heavy atom. The molecular weight excluding hydrogens is 360 g/mol. The highest BCUT2D eigenvalue weighted by molar-refractivity contribution is 7.09. The van der Waals surface area contributed by atoms with Gasteiger partial charge < -0.3 is 9.52 Å². The number of benzene rings is 2. The number of hydrogen-bond acceptors (Lipinski definition) is 5. The van der Waals surface area contributed by atoms with Crippen LogP contribution in [-0.2, 0) is 0 Å². The third-order valence-electron chi connectivity index (χ3n) is 4.99. The normalized spacial score (nSPS) is 11.3. The molecule has 0 radical (unpaired) electrons. The minimum atomic E-state index is -0.929. The summed E-state index contributed by atoms with van der Waals surface area (Å²) in [5.41, 5.74) is 5.85. The van der Waals surface area contributed by atoms with Crippen molar-refractivity contribution < 1.29 is 14.3 Å². The molecule has 1 N–H and O–H groups in total. The molecule has 2 aromatic heterocycles. The fraction of sp³-hybridized carbons (Fsp3) is 0.190. The maximum Gasteiger partial charge on any atom is 0.335 e. The van der Waals surface area contributed by atoms with Gasteiger partial charge in [0.15, 0.2) is 16.6 Å². The number of rotatable bonds is 3. The molecule has 6 heteroatoms. The number of fused-ring (bicyclic) bond motifs is 1. The Morgan fingerprint density at radius 1 is 1.04 bits per heavy atom. The van der Waals surface area contributed by atoms with E-state index in [1.54, 1.807) is 19.1 Å². The predicted molar refractivity (Wildman–Crippen MR) is 106 cm³/mol. The van der Waals surface area contributed by atoms with Crippen molar-refractivity contribution >= 4 is 28.5 Å². The van der Waals surface area contributed by atoms with E-state index in [4.69, 9.17) is 4.42 Å². The molecule has 0 spiro atoms. The van der Waals surface area contributed by atoms with Gasteiger partial charge in [0.25, 0.3) is 0 Å². The van der Waals surface area contributed by atoms with Crippen LogP contribution in [0.25, 0.3) is 33.1 Å². The molecule has 136 valence electrons. The van der Waals surface area contributed by atoms with Crippen molar-refractivity contribution in [1.29, 1.82) is 0 Å². The Labute approximate surface area is 160 Å².